The maximum atomic E-state index is 12.4. The van der Waals surface area contributed by atoms with Gasteiger partial charge in [0.1, 0.15) is 0 Å². The number of amides is 1. The van der Waals surface area contributed by atoms with Crippen LogP contribution in [0.25, 0.3) is 0 Å². The Morgan fingerprint density at radius 3 is 2.33 bits per heavy atom. The molecular weight excluding hydrogens is 252 g/mol. The van der Waals surface area contributed by atoms with E-state index in [4.69, 9.17) is 27.4 Å². The number of nitrogens with zero attached hydrogens (tertiary/aromatic N) is 1. The van der Waals surface area contributed by atoms with Crippen molar-refractivity contribution >= 4 is 23.1 Å². The highest BCUT2D eigenvalue weighted by molar-refractivity contribution is 7.80. The van der Waals surface area contributed by atoms with E-state index < -0.39 is 5.41 Å². The molecule has 1 rings (SSSR count). The zero-order valence-corrected chi connectivity index (χ0v) is 11.9. The summed E-state index contributed by atoms with van der Waals surface area (Å²) in [6.45, 7) is 2.38. The zero-order valence-electron chi connectivity index (χ0n) is 11.1. The van der Waals surface area contributed by atoms with E-state index in [0.717, 1.165) is 19.3 Å². The summed E-state index contributed by atoms with van der Waals surface area (Å²) in [5, 5.41) is 0. The first-order valence-electron chi connectivity index (χ1n) is 6.15. The third-order valence-electron chi connectivity index (χ3n) is 3.26. The lowest BCUT2D eigenvalue weighted by atomic mass is 10.1. The van der Waals surface area contributed by atoms with Gasteiger partial charge in [0.25, 0.3) is 0 Å². The van der Waals surface area contributed by atoms with Gasteiger partial charge in [0.05, 0.1) is 17.0 Å². The molecule has 5 nitrogen and oxygen atoms in total. The summed E-state index contributed by atoms with van der Waals surface area (Å²) in [5.41, 5.74) is 5.11. The Labute approximate surface area is 114 Å². The number of hydrogen-bond donors (Lipinski definition) is 1. The monoisotopic (exact) mass is 274 g/mol. The Morgan fingerprint density at radius 2 is 1.89 bits per heavy atom. The molecular formula is C12H22N2O3S. The Morgan fingerprint density at radius 1 is 1.28 bits per heavy atom. The van der Waals surface area contributed by atoms with Gasteiger partial charge in [0, 0.05) is 33.9 Å². The van der Waals surface area contributed by atoms with Gasteiger partial charge in [0.15, 0.2) is 0 Å². The van der Waals surface area contributed by atoms with Crippen LogP contribution in [0.5, 0.6) is 0 Å². The van der Waals surface area contributed by atoms with E-state index in [1.807, 2.05) is 0 Å². The number of thiocarbonyl (C=S) groups is 1. The highest BCUT2D eigenvalue weighted by Gasteiger charge is 2.54. The number of carbonyl (C=O) groups is 1. The highest BCUT2D eigenvalue weighted by Crippen LogP contribution is 2.47. The molecule has 0 atom stereocenters. The molecule has 0 aliphatic heterocycles. The molecule has 2 N–H and O–H groups in total. The summed E-state index contributed by atoms with van der Waals surface area (Å²) >= 11 is 5.01. The lowest BCUT2D eigenvalue weighted by molar-refractivity contribution is -0.135. The number of hydrogen-bond acceptors (Lipinski definition) is 4. The van der Waals surface area contributed by atoms with E-state index in [1.54, 1.807) is 19.1 Å². The minimum Gasteiger partial charge on any atom is -0.392 e. The number of carbonyl (C=O) groups excluding carboxylic acids is 1. The molecule has 0 bridgehead atoms. The minimum atomic E-state index is -0.573. The lowest BCUT2D eigenvalue weighted by Gasteiger charge is -2.26. The molecule has 1 amide bonds. The molecule has 6 heteroatoms. The van der Waals surface area contributed by atoms with E-state index >= 15 is 0 Å². The highest BCUT2D eigenvalue weighted by atomic mass is 32.1. The first-order valence-corrected chi connectivity index (χ1v) is 6.56. The van der Waals surface area contributed by atoms with E-state index in [1.165, 1.54) is 0 Å². The van der Waals surface area contributed by atoms with Crippen LogP contribution in [0.4, 0.5) is 0 Å². The van der Waals surface area contributed by atoms with Gasteiger partial charge in [-0.25, -0.2) is 0 Å². The van der Waals surface area contributed by atoms with Crippen LogP contribution in [0.2, 0.25) is 0 Å². The number of nitrogens with two attached hydrogens (primary N) is 1. The predicted octanol–water partition coefficient (Wildman–Crippen LogP) is 0.564. The maximum Gasteiger partial charge on any atom is 0.235 e. The fraction of sp³-hybridized carbons (Fsp3) is 0.833. The average Bonchev–Trinajstić information content (AvgIpc) is 3.14. The topological polar surface area (TPSA) is 64.8 Å². The van der Waals surface area contributed by atoms with E-state index in [9.17, 15) is 4.79 Å². The van der Waals surface area contributed by atoms with Crippen LogP contribution in [0.1, 0.15) is 19.3 Å². The summed E-state index contributed by atoms with van der Waals surface area (Å²) in [5.74, 6) is 0.0446. The number of methoxy groups -OCH3 is 2. The second-order valence-electron chi connectivity index (χ2n) is 4.58. The van der Waals surface area contributed by atoms with Gasteiger partial charge in [-0.1, -0.05) is 12.2 Å². The van der Waals surface area contributed by atoms with Crippen molar-refractivity contribution in [2.75, 3.05) is 40.5 Å². The molecule has 18 heavy (non-hydrogen) atoms. The van der Waals surface area contributed by atoms with Crippen molar-refractivity contribution < 1.29 is 14.3 Å². The van der Waals surface area contributed by atoms with Gasteiger partial charge in [0.2, 0.25) is 5.91 Å². The summed E-state index contributed by atoms with van der Waals surface area (Å²) in [6.07, 6.45) is 2.35. The Bertz CT molecular complexity index is 306. The van der Waals surface area contributed by atoms with Crippen molar-refractivity contribution in [2.45, 2.75) is 19.3 Å². The molecule has 1 fully saturated rings. The molecule has 104 valence electrons. The van der Waals surface area contributed by atoms with Crippen molar-refractivity contribution in [3.8, 4) is 0 Å². The van der Waals surface area contributed by atoms with Crippen molar-refractivity contribution in [3.05, 3.63) is 0 Å². The first kappa shape index (κ1) is 15.3. The second kappa shape index (κ2) is 7.01. The van der Waals surface area contributed by atoms with Crippen molar-refractivity contribution in [1.82, 2.24) is 4.90 Å². The molecule has 0 saturated heterocycles. The molecule has 0 aromatic carbocycles. The van der Waals surface area contributed by atoms with Crippen LogP contribution in [-0.4, -0.2) is 56.3 Å². The summed E-state index contributed by atoms with van der Waals surface area (Å²) in [7, 11) is 3.27. The van der Waals surface area contributed by atoms with E-state index in [-0.39, 0.29) is 5.91 Å². The third-order valence-corrected chi connectivity index (χ3v) is 3.65. The maximum absolute atomic E-state index is 12.4. The van der Waals surface area contributed by atoms with Crippen molar-refractivity contribution in [2.24, 2.45) is 11.1 Å². The Balaban J connectivity index is 2.58. The molecule has 1 aliphatic carbocycles. The minimum absolute atomic E-state index is 0.0446. The molecule has 0 aromatic rings. The smallest absolute Gasteiger partial charge is 0.235 e. The van der Waals surface area contributed by atoms with Crippen LogP contribution in [-0.2, 0) is 14.3 Å². The van der Waals surface area contributed by atoms with Gasteiger partial charge in [-0.15, -0.1) is 0 Å². The lowest BCUT2D eigenvalue weighted by Crippen LogP contribution is -2.44. The molecule has 0 radical (unpaired) electrons. The summed E-state index contributed by atoms with van der Waals surface area (Å²) in [4.78, 5) is 14.5. The summed E-state index contributed by atoms with van der Waals surface area (Å²) < 4.78 is 10.0. The Hall–Kier alpha value is -0.720. The van der Waals surface area contributed by atoms with Gasteiger partial charge >= 0.3 is 0 Å². The molecule has 0 heterocycles. The largest absolute Gasteiger partial charge is 0.392 e. The molecule has 0 aromatic heterocycles. The van der Waals surface area contributed by atoms with Gasteiger partial charge in [-0.3, -0.25) is 4.79 Å². The fourth-order valence-electron chi connectivity index (χ4n) is 1.91. The summed E-state index contributed by atoms with van der Waals surface area (Å²) in [6, 6.07) is 0. The van der Waals surface area contributed by atoms with Crippen LogP contribution >= 0.6 is 12.2 Å². The van der Waals surface area contributed by atoms with Crippen LogP contribution < -0.4 is 5.73 Å². The standard InChI is InChI=1S/C12H22N2O3S/c1-16-8-3-6-14(7-9-17-2)11(15)12(4-5-12)10(13)18/h3-9H2,1-2H3,(H2,13,18). The third kappa shape index (κ3) is 3.63. The predicted molar refractivity (Wildman–Crippen MR) is 73.4 cm³/mol. The normalized spacial score (nSPS) is 16.3. The SMILES string of the molecule is COCCCN(CCOC)C(=O)C1(C(N)=S)CC1. The van der Waals surface area contributed by atoms with Gasteiger partial charge in [-0.05, 0) is 19.3 Å². The molecule has 0 spiro atoms. The average molecular weight is 274 g/mol. The van der Waals surface area contributed by atoms with Gasteiger partial charge < -0.3 is 20.1 Å². The quantitative estimate of drug-likeness (QED) is 0.492. The molecule has 0 unspecified atom stereocenters. The molecule has 1 saturated carbocycles. The first-order chi connectivity index (χ1) is 8.58. The Kier molecular flexibility index (Phi) is 5.98. The molecule has 1 aliphatic rings. The zero-order chi connectivity index (χ0) is 13.6. The second-order valence-corrected chi connectivity index (χ2v) is 5.02. The number of rotatable bonds is 9. The fourth-order valence-corrected chi connectivity index (χ4v) is 2.20. The van der Waals surface area contributed by atoms with E-state index in [0.29, 0.717) is 31.3 Å². The van der Waals surface area contributed by atoms with E-state index in [2.05, 4.69) is 0 Å². The van der Waals surface area contributed by atoms with Gasteiger partial charge in [-0.2, -0.15) is 0 Å². The number of ether oxygens (including phenoxy) is 2. The van der Waals surface area contributed by atoms with Crippen LogP contribution in [0.15, 0.2) is 0 Å². The van der Waals surface area contributed by atoms with Crippen LogP contribution in [0.3, 0.4) is 0 Å². The van der Waals surface area contributed by atoms with Crippen molar-refractivity contribution in [1.29, 1.82) is 0 Å². The van der Waals surface area contributed by atoms with Crippen LogP contribution in [0, 0.1) is 5.41 Å². The van der Waals surface area contributed by atoms with Crippen molar-refractivity contribution in [3.63, 3.8) is 0 Å².